The van der Waals surface area contributed by atoms with E-state index in [1.165, 1.54) is 19.4 Å². The molecule has 1 saturated heterocycles. The Morgan fingerprint density at radius 3 is 2.80 bits per heavy atom. The summed E-state index contributed by atoms with van der Waals surface area (Å²) >= 11 is 0. The first-order valence-electron chi connectivity index (χ1n) is 6.28. The number of likely N-dealkylation sites (N-methyl/N-ethyl adjacent to an activating group) is 2. The quantitative estimate of drug-likeness (QED) is 0.719. The Kier molecular flexibility index (Phi) is 5.58. The predicted molar refractivity (Wildman–Crippen MR) is 64.1 cm³/mol. The fraction of sp³-hybridized carbons (Fsp3) is 1.00. The lowest BCUT2D eigenvalue weighted by atomic mass is 10.2. The van der Waals surface area contributed by atoms with Gasteiger partial charge in [-0.05, 0) is 39.4 Å². The highest BCUT2D eigenvalue weighted by Crippen LogP contribution is 2.17. The molecule has 1 fully saturated rings. The molecule has 0 aromatic carbocycles. The van der Waals surface area contributed by atoms with E-state index in [-0.39, 0.29) is 6.10 Å². The topological polar surface area (TPSA) is 26.7 Å². The molecule has 1 heterocycles. The summed E-state index contributed by atoms with van der Waals surface area (Å²) in [7, 11) is 2.12. The molecule has 1 aliphatic heterocycles. The second-order valence-corrected chi connectivity index (χ2v) is 4.71. The van der Waals surface area contributed by atoms with Crippen LogP contribution in [0.25, 0.3) is 0 Å². The molecule has 0 radical (unpaired) electrons. The summed E-state index contributed by atoms with van der Waals surface area (Å²) in [5.41, 5.74) is 0. The summed E-state index contributed by atoms with van der Waals surface area (Å²) in [5.74, 6) is 0. The Morgan fingerprint density at radius 2 is 2.20 bits per heavy atom. The van der Waals surface area contributed by atoms with E-state index in [0.29, 0.717) is 6.04 Å². The molecule has 1 N–H and O–H groups in total. The fourth-order valence-corrected chi connectivity index (χ4v) is 2.44. The summed E-state index contributed by atoms with van der Waals surface area (Å²) in [6.45, 7) is 8.60. The van der Waals surface area contributed by atoms with Crippen molar-refractivity contribution in [2.75, 3.05) is 33.2 Å². The van der Waals surface area contributed by atoms with Crippen LogP contribution < -0.4 is 0 Å². The van der Waals surface area contributed by atoms with Gasteiger partial charge in [0.25, 0.3) is 0 Å². The minimum atomic E-state index is -0.161. The molecule has 0 spiro atoms. The molecule has 0 aromatic heterocycles. The number of aliphatic hydroxyl groups excluding tert-OH is 1. The number of nitrogens with zero attached hydrogens (tertiary/aromatic N) is 2. The van der Waals surface area contributed by atoms with Gasteiger partial charge in [-0.2, -0.15) is 0 Å². The summed E-state index contributed by atoms with van der Waals surface area (Å²) in [6.07, 6.45) is 3.35. The Balaban J connectivity index is 2.27. The molecule has 15 heavy (non-hydrogen) atoms. The van der Waals surface area contributed by atoms with Crippen molar-refractivity contribution in [3.05, 3.63) is 0 Å². The largest absolute Gasteiger partial charge is 0.392 e. The maximum absolute atomic E-state index is 9.57. The van der Waals surface area contributed by atoms with Crippen LogP contribution in [-0.4, -0.2) is 60.3 Å². The molecule has 2 unspecified atom stereocenters. The van der Waals surface area contributed by atoms with E-state index in [4.69, 9.17) is 0 Å². The zero-order valence-electron chi connectivity index (χ0n) is 10.4. The summed E-state index contributed by atoms with van der Waals surface area (Å²) in [5, 5.41) is 9.57. The van der Waals surface area contributed by atoms with Crippen LogP contribution in [-0.2, 0) is 0 Å². The third-order valence-electron chi connectivity index (χ3n) is 3.42. The zero-order valence-corrected chi connectivity index (χ0v) is 10.4. The average molecular weight is 214 g/mol. The van der Waals surface area contributed by atoms with Crippen molar-refractivity contribution >= 4 is 0 Å². The summed E-state index contributed by atoms with van der Waals surface area (Å²) in [4.78, 5) is 4.82. The van der Waals surface area contributed by atoms with Crippen LogP contribution in [0, 0.1) is 0 Å². The number of rotatable bonds is 6. The average Bonchev–Trinajstić information content (AvgIpc) is 2.64. The molecule has 0 bridgehead atoms. The molecule has 0 amide bonds. The van der Waals surface area contributed by atoms with Gasteiger partial charge in [-0.15, -0.1) is 0 Å². The number of hydrogen-bond acceptors (Lipinski definition) is 3. The second kappa shape index (κ2) is 6.46. The summed E-state index contributed by atoms with van der Waals surface area (Å²) < 4.78 is 0. The van der Waals surface area contributed by atoms with E-state index in [2.05, 4.69) is 23.8 Å². The van der Waals surface area contributed by atoms with E-state index in [0.717, 1.165) is 26.1 Å². The normalized spacial score (nSPS) is 25.0. The molecule has 1 aliphatic rings. The number of hydrogen-bond donors (Lipinski definition) is 1. The van der Waals surface area contributed by atoms with Crippen molar-refractivity contribution in [3.8, 4) is 0 Å². The van der Waals surface area contributed by atoms with Crippen molar-refractivity contribution in [3.63, 3.8) is 0 Å². The molecular formula is C12H26N2O. The highest BCUT2D eigenvalue weighted by Gasteiger charge is 2.24. The van der Waals surface area contributed by atoms with Gasteiger partial charge in [0.1, 0.15) is 0 Å². The molecule has 2 atom stereocenters. The Morgan fingerprint density at radius 1 is 1.47 bits per heavy atom. The molecule has 0 saturated carbocycles. The van der Waals surface area contributed by atoms with Crippen molar-refractivity contribution in [2.45, 2.75) is 45.3 Å². The first-order chi connectivity index (χ1) is 7.17. The first kappa shape index (κ1) is 12.9. The minimum Gasteiger partial charge on any atom is -0.392 e. The maximum atomic E-state index is 9.57. The lowest BCUT2D eigenvalue weighted by molar-refractivity contribution is 0.106. The lowest BCUT2D eigenvalue weighted by Crippen LogP contribution is -2.41. The van der Waals surface area contributed by atoms with Gasteiger partial charge in [0.05, 0.1) is 6.10 Å². The van der Waals surface area contributed by atoms with E-state index in [1.807, 2.05) is 6.92 Å². The van der Waals surface area contributed by atoms with Gasteiger partial charge >= 0.3 is 0 Å². The van der Waals surface area contributed by atoms with Crippen molar-refractivity contribution in [1.29, 1.82) is 0 Å². The van der Waals surface area contributed by atoms with Gasteiger partial charge < -0.3 is 10.0 Å². The summed E-state index contributed by atoms with van der Waals surface area (Å²) in [6, 6.07) is 0.712. The second-order valence-electron chi connectivity index (χ2n) is 4.71. The highest BCUT2D eigenvalue weighted by atomic mass is 16.3. The highest BCUT2D eigenvalue weighted by molar-refractivity contribution is 4.80. The Hall–Kier alpha value is -0.120. The number of aliphatic hydroxyl groups is 1. The van der Waals surface area contributed by atoms with Gasteiger partial charge in [0.15, 0.2) is 0 Å². The smallest absolute Gasteiger partial charge is 0.0664 e. The third kappa shape index (κ3) is 4.09. The maximum Gasteiger partial charge on any atom is 0.0664 e. The lowest BCUT2D eigenvalue weighted by Gasteiger charge is -2.28. The van der Waals surface area contributed by atoms with Gasteiger partial charge in [-0.1, -0.05) is 13.8 Å². The van der Waals surface area contributed by atoms with E-state index in [1.54, 1.807) is 0 Å². The third-order valence-corrected chi connectivity index (χ3v) is 3.42. The Bertz CT molecular complexity index is 175. The SMILES string of the molecule is CCC(O)CN(C)CC1CCCN1CC. The molecule has 0 aliphatic carbocycles. The van der Waals surface area contributed by atoms with Crippen LogP contribution in [0.15, 0.2) is 0 Å². The van der Waals surface area contributed by atoms with Crippen molar-refractivity contribution < 1.29 is 5.11 Å². The van der Waals surface area contributed by atoms with Crippen LogP contribution in [0.1, 0.15) is 33.1 Å². The molecule has 1 rings (SSSR count). The molecule has 3 nitrogen and oxygen atoms in total. The van der Waals surface area contributed by atoms with E-state index in [9.17, 15) is 5.11 Å². The van der Waals surface area contributed by atoms with E-state index < -0.39 is 0 Å². The molecule has 3 heteroatoms. The van der Waals surface area contributed by atoms with Crippen LogP contribution in [0.3, 0.4) is 0 Å². The molecule has 0 aromatic rings. The van der Waals surface area contributed by atoms with Crippen LogP contribution >= 0.6 is 0 Å². The van der Waals surface area contributed by atoms with Crippen LogP contribution in [0.4, 0.5) is 0 Å². The first-order valence-corrected chi connectivity index (χ1v) is 6.28. The van der Waals surface area contributed by atoms with E-state index >= 15 is 0 Å². The Labute approximate surface area is 94.1 Å². The predicted octanol–water partition coefficient (Wildman–Crippen LogP) is 1.17. The van der Waals surface area contributed by atoms with Gasteiger partial charge in [-0.25, -0.2) is 0 Å². The number of likely N-dealkylation sites (tertiary alicyclic amines) is 1. The van der Waals surface area contributed by atoms with Crippen LogP contribution in [0.5, 0.6) is 0 Å². The standard InChI is InChI=1S/C12H26N2O/c1-4-12(15)10-13(3)9-11-7-6-8-14(11)5-2/h11-12,15H,4-10H2,1-3H3. The fourth-order valence-electron chi connectivity index (χ4n) is 2.44. The van der Waals surface area contributed by atoms with Crippen molar-refractivity contribution in [2.24, 2.45) is 0 Å². The van der Waals surface area contributed by atoms with Crippen LogP contribution in [0.2, 0.25) is 0 Å². The van der Waals surface area contributed by atoms with Gasteiger partial charge in [-0.3, -0.25) is 4.90 Å². The van der Waals surface area contributed by atoms with Crippen molar-refractivity contribution in [1.82, 2.24) is 9.80 Å². The minimum absolute atomic E-state index is 0.161. The molecule has 90 valence electrons. The monoisotopic (exact) mass is 214 g/mol. The van der Waals surface area contributed by atoms with Gasteiger partial charge in [0, 0.05) is 19.1 Å². The van der Waals surface area contributed by atoms with Gasteiger partial charge in [0.2, 0.25) is 0 Å². The zero-order chi connectivity index (χ0) is 11.3. The molecular weight excluding hydrogens is 188 g/mol.